The highest BCUT2D eigenvalue weighted by Crippen LogP contribution is 2.31. The van der Waals surface area contributed by atoms with Gasteiger partial charge in [0.25, 0.3) is 5.91 Å². The SMILES string of the molecule is CC(c1ccccn1)N(C)C(=O)CCN1C(=O)COc2ccccc21. The Bertz CT molecular complexity index is 764. The van der Waals surface area contributed by atoms with E-state index in [1.54, 1.807) is 23.0 Å². The van der Waals surface area contributed by atoms with E-state index in [4.69, 9.17) is 4.74 Å². The normalized spacial score (nSPS) is 14.5. The highest BCUT2D eigenvalue weighted by molar-refractivity contribution is 5.98. The minimum Gasteiger partial charge on any atom is -0.482 e. The molecule has 6 nitrogen and oxygen atoms in total. The summed E-state index contributed by atoms with van der Waals surface area (Å²) >= 11 is 0. The number of amides is 2. The molecule has 0 bridgehead atoms. The quantitative estimate of drug-likeness (QED) is 0.839. The molecule has 3 rings (SSSR count). The lowest BCUT2D eigenvalue weighted by Gasteiger charge is -2.30. The minimum atomic E-state index is -0.132. The second kappa shape index (κ2) is 7.34. The monoisotopic (exact) mass is 339 g/mol. The van der Waals surface area contributed by atoms with Crippen LogP contribution in [0.5, 0.6) is 5.75 Å². The van der Waals surface area contributed by atoms with Crippen LogP contribution < -0.4 is 9.64 Å². The third kappa shape index (κ3) is 3.63. The standard InChI is InChI=1S/C19H21N3O3/c1-14(15-7-5-6-11-20-15)21(2)18(23)10-12-22-16-8-3-4-9-17(16)25-13-19(22)24/h3-9,11,14H,10,12-13H2,1-2H3. The Morgan fingerprint density at radius 1 is 1.28 bits per heavy atom. The van der Waals surface area contributed by atoms with Crippen molar-refractivity contribution in [1.29, 1.82) is 0 Å². The Kier molecular flexibility index (Phi) is 4.97. The summed E-state index contributed by atoms with van der Waals surface area (Å²) in [6.07, 6.45) is 1.96. The number of ether oxygens (including phenoxy) is 1. The third-order valence-corrected chi connectivity index (χ3v) is 4.45. The minimum absolute atomic E-state index is 0.00534. The summed E-state index contributed by atoms with van der Waals surface area (Å²) in [7, 11) is 1.76. The van der Waals surface area contributed by atoms with Crippen LogP contribution >= 0.6 is 0 Å². The van der Waals surface area contributed by atoms with E-state index >= 15 is 0 Å². The zero-order chi connectivity index (χ0) is 17.8. The predicted molar refractivity (Wildman–Crippen MR) is 94.3 cm³/mol. The van der Waals surface area contributed by atoms with Crippen molar-refractivity contribution in [2.24, 2.45) is 0 Å². The number of fused-ring (bicyclic) bond motifs is 1. The number of carbonyl (C=O) groups excluding carboxylic acids is 2. The molecular weight excluding hydrogens is 318 g/mol. The Hall–Kier alpha value is -2.89. The van der Waals surface area contributed by atoms with Crippen molar-refractivity contribution in [3.8, 4) is 5.75 Å². The second-order valence-corrected chi connectivity index (χ2v) is 5.99. The van der Waals surface area contributed by atoms with Crippen LogP contribution in [0.15, 0.2) is 48.7 Å². The van der Waals surface area contributed by atoms with E-state index in [1.165, 1.54) is 0 Å². The summed E-state index contributed by atoms with van der Waals surface area (Å²) in [5.41, 5.74) is 1.55. The molecule has 0 aliphatic carbocycles. The molecule has 25 heavy (non-hydrogen) atoms. The first-order valence-corrected chi connectivity index (χ1v) is 8.26. The molecule has 1 atom stereocenters. The lowest BCUT2D eigenvalue weighted by atomic mass is 10.1. The number of pyridine rings is 1. The van der Waals surface area contributed by atoms with Crippen LogP contribution in [0.3, 0.4) is 0 Å². The van der Waals surface area contributed by atoms with Gasteiger partial charge in [-0.25, -0.2) is 0 Å². The molecule has 2 heterocycles. The molecule has 0 saturated carbocycles. The Balaban J connectivity index is 1.65. The Morgan fingerprint density at radius 2 is 2.04 bits per heavy atom. The van der Waals surface area contributed by atoms with Crippen molar-refractivity contribution in [2.45, 2.75) is 19.4 Å². The van der Waals surface area contributed by atoms with Crippen LogP contribution in [-0.2, 0) is 9.59 Å². The molecule has 2 amide bonds. The van der Waals surface area contributed by atoms with E-state index in [0.717, 1.165) is 5.69 Å². The summed E-state index contributed by atoms with van der Waals surface area (Å²) < 4.78 is 5.42. The predicted octanol–water partition coefficient (Wildman–Crippen LogP) is 2.42. The molecule has 1 aliphatic rings. The molecular formula is C19H21N3O3. The van der Waals surface area contributed by atoms with Crippen LogP contribution in [0.4, 0.5) is 5.69 Å². The maximum absolute atomic E-state index is 12.5. The molecule has 0 spiro atoms. The van der Waals surface area contributed by atoms with E-state index in [0.29, 0.717) is 18.0 Å². The van der Waals surface area contributed by atoms with Crippen molar-refractivity contribution in [1.82, 2.24) is 9.88 Å². The van der Waals surface area contributed by atoms with E-state index in [2.05, 4.69) is 4.98 Å². The van der Waals surface area contributed by atoms with E-state index in [-0.39, 0.29) is 30.9 Å². The number of para-hydroxylation sites is 2. The maximum atomic E-state index is 12.5. The summed E-state index contributed by atoms with van der Waals surface area (Å²) in [4.78, 5) is 32.3. The van der Waals surface area contributed by atoms with Gasteiger partial charge in [-0.05, 0) is 31.2 Å². The van der Waals surface area contributed by atoms with Gasteiger partial charge in [-0.1, -0.05) is 18.2 Å². The molecule has 2 aromatic rings. The number of nitrogens with zero attached hydrogens (tertiary/aromatic N) is 3. The van der Waals surface area contributed by atoms with E-state index in [9.17, 15) is 9.59 Å². The summed E-state index contributed by atoms with van der Waals surface area (Å²) in [6, 6.07) is 12.9. The lowest BCUT2D eigenvalue weighted by molar-refractivity contribution is -0.131. The van der Waals surface area contributed by atoms with E-state index in [1.807, 2.05) is 49.4 Å². The summed E-state index contributed by atoms with van der Waals surface area (Å²) in [6.45, 7) is 2.28. The molecule has 1 aromatic heterocycles. The Labute approximate surface area is 147 Å². The molecule has 1 unspecified atom stereocenters. The van der Waals surface area contributed by atoms with Gasteiger partial charge in [-0.2, -0.15) is 0 Å². The first-order valence-electron chi connectivity index (χ1n) is 8.26. The molecule has 0 fully saturated rings. The fourth-order valence-electron chi connectivity index (χ4n) is 2.82. The van der Waals surface area contributed by atoms with E-state index < -0.39 is 0 Å². The van der Waals surface area contributed by atoms with Gasteiger partial charge in [0.1, 0.15) is 5.75 Å². The van der Waals surface area contributed by atoms with Gasteiger partial charge in [0, 0.05) is 26.2 Å². The fraction of sp³-hybridized carbons (Fsp3) is 0.316. The zero-order valence-corrected chi connectivity index (χ0v) is 14.4. The topological polar surface area (TPSA) is 62.7 Å². The first-order chi connectivity index (χ1) is 12.1. The molecule has 6 heteroatoms. The number of hydrogen-bond donors (Lipinski definition) is 0. The van der Waals surface area contributed by atoms with Gasteiger partial charge in [-0.3, -0.25) is 14.6 Å². The number of aromatic nitrogens is 1. The lowest BCUT2D eigenvalue weighted by Crippen LogP contribution is -2.41. The van der Waals surface area contributed by atoms with Crippen LogP contribution in [0.2, 0.25) is 0 Å². The van der Waals surface area contributed by atoms with Crippen molar-refractivity contribution < 1.29 is 14.3 Å². The summed E-state index contributed by atoms with van der Waals surface area (Å²) in [5, 5.41) is 0. The first kappa shape index (κ1) is 17.0. The Morgan fingerprint density at radius 3 is 2.80 bits per heavy atom. The smallest absolute Gasteiger partial charge is 0.265 e. The van der Waals surface area contributed by atoms with Crippen molar-refractivity contribution in [3.05, 3.63) is 54.4 Å². The number of carbonyl (C=O) groups is 2. The zero-order valence-electron chi connectivity index (χ0n) is 14.4. The van der Waals surface area contributed by atoms with Gasteiger partial charge in [-0.15, -0.1) is 0 Å². The van der Waals surface area contributed by atoms with Gasteiger partial charge in [0.15, 0.2) is 6.61 Å². The van der Waals surface area contributed by atoms with Crippen molar-refractivity contribution in [3.63, 3.8) is 0 Å². The van der Waals surface area contributed by atoms with Crippen LogP contribution in [0, 0.1) is 0 Å². The third-order valence-electron chi connectivity index (χ3n) is 4.45. The van der Waals surface area contributed by atoms with Gasteiger partial charge >= 0.3 is 0 Å². The summed E-state index contributed by atoms with van der Waals surface area (Å²) in [5.74, 6) is 0.506. The average molecular weight is 339 g/mol. The molecule has 0 N–H and O–H groups in total. The molecule has 0 saturated heterocycles. The average Bonchev–Trinajstić information content (AvgIpc) is 2.66. The number of rotatable bonds is 5. The number of hydrogen-bond acceptors (Lipinski definition) is 4. The van der Waals surface area contributed by atoms with Gasteiger partial charge in [0.05, 0.1) is 17.4 Å². The molecule has 0 radical (unpaired) electrons. The van der Waals surface area contributed by atoms with Crippen molar-refractivity contribution in [2.75, 3.05) is 25.1 Å². The maximum Gasteiger partial charge on any atom is 0.265 e. The fourth-order valence-corrected chi connectivity index (χ4v) is 2.82. The molecule has 1 aliphatic heterocycles. The molecule has 1 aromatic carbocycles. The van der Waals surface area contributed by atoms with Crippen molar-refractivity contribution >= 4 is 17.5 Å². The van der Waals surface area contributed by atoms with Crippen LogP contribution in [0.1, 0.15) is 25.1 Å². The van der Waals surface area contributed by atoms with Crippen LogP contribution in [0.25, 0.3) is 0 Å². The molecule has 130 valence electrons. The highest BCUT2D eigenvalue weighted by Gasteiger charge is 2.26. The number of anilines is 1. The largest absolute Gasteiger partial charge is 0.482 e. The van der Waals surface area contributed by atoms with Gasteiger partial charge < -0.3 is 14.5 Å². The number of benzene rings is 1. The van der Waals surface area contributed by atoms with Gasteiger partial charge in [0.2, 0.25) is 5.91 Å². The second-order valence-electron chi connectivity index (χ2n) is 5.99. The highest BCUT2D eigenvalue weighted by atomic mass is 16.5. The van der Waals surface area contributed by atoms with Crippen LogP contribution in [-0.4, -0.2) is 41.9 Å².